The third-order valence-electron chi connectivity index (χ3n) is 4.93. The maximum Gasteiger partial charge on any atom is 0.308 e. The Morgan fingerprint density at radius 2 is 2.04 bits per heavy atom. The molecule has 1 aromatic carbocycles. The number of hydrogen-bond donors (Lipinski definition) is 2. The summed E-state index contributed by atoms with van der Waals surface area (Å²) in [6, 6.07) is 6.35. The number of rotatable bonds is 6. The van der Waals surface area contributed by atoms with Crippen LogP contribution in [-0.4, -0.2) is 36.7 Å². The van der Waals surface area contributed by atoms with Crippen molar-refractivity contribution in [2.75, 3.05) is 5.75 Å². The predicted molar refractivity (Wildman–Crippen MR) is 94.0 cm³/mol. The summed E-state index contributed by atoms with van der Waals surface area (Å²) in [5.41, 5.74) is -0.174. The number of hydrogen-bond acceptors (Lipinski definition) is 4. The number of carboxylic acid groups (broad SMARTS) is 1. The van der Waals surface area contributed by atoms with E-state index in [2.05, 4.69) is 5.32 Å². The molecule has 0 saturated heterocycles. The molecule has 0 aromatic heterocycles. The summed E-state index contributed by atoms with van der Waals surface area (Å²) in [5.74, 6) is -1.78. The normalized spacial score (nSPS) is 23.8. The molecule has 0 spiro atoms. The molecule has 2 atom stereocenters. The standard InChI is InChI=1S/C18H25NO5S/c1-3-25(23,24)14-8-6-7-13(11-14)12-16(20)19-18(2)10-5-4-9-15(18)17(21)22/h6-8,11,15H,3-5,9-10,12H2,1-2H3,(H,19,20)(H,21,22). The molecule has 0 radical (unpaired) electrons. The lowest BCUT2D eigenvalue weighted by Gasteiger charge is -2.39. The van der Waals surface area contributed by atoms with Crippen molar-refractivity contribution in [1.82, 2.24) is 5.32 Å². The topological polar surface area (TPSA) is 101 Å². The average Bonchev–Trinajstić information content (AvgIpc) is 2.54. The number of carboxylic acids is 1. The fourth-order valence-electron chi connectivity index (χ4n) is 3.44. The number of carbonyl (C=O) groups is 2. The fourth-order valence-corrected chi connectivity index (χ4v) is 4.39. The van der Waals surface area contributed by atoms with Crippen LogP contribution in [0.4, 0.5) is 0 Å². The summed E-state index contributed by atoms with van der Waals surface area (Å²) in [4.78, 5) is 24.1. The molecule has 25 heavy (non-hydrogen) atoms. The minimum Gasteiger partial charge on any atom is -0.481 e. The van der Waals surface area contributed by atoms with Gasteiger partial charge in [-0.15, -0.1) is 0 Å². The monoisotopic (exact) mass is 367 g/mol. The summed E-state index contributed by atoms with van der Waals surface area (Å²) in [6.45, 7) is 3.35. The molecule has 1 amide bonds. The molecule has 6 nitrogen and oxygen atoms in total. The van der Waals surface area contributed by atoms with Crippen LogP contribution in [0.1, 0.15) is 45.1 Å². The van der Waals surface area contributed by atoms with Gasteiger partial charge in [-0.1, -0.05) is 31.9 Å². The van der Waals surface area contributed by atoms with Crippen molar-refractivity contribution in [3.63, 3.8) is 0 Å². The highest BCUT2D eigenvalue weighted by atomic mass is 32.2. The van der Waals surface area contributed by atoms with Crippen LogP contribution in [0.5, 0.6) is 0 Å². The zero-order valence-electron chi connectivity index (χ0n) is 14.6. The third kappa shape index (κ3) is 4.60. The molecular weight excluding hydrogens is 342 g/mol. The van der Waals surface area contributed by atoms with Crippen molar-refractivity contribution in [2.24, 2.45) is 5.92 Å². The average molecular weight is 367 g/mol. The fraction of sp³-hybridized carbons (Fsp3) is 0.556. The second-order valence-corrected chi connectivity index (χ2v) is 9.11. The first-order chi connectivity index (χ1) is 11.7. The van der Waals surface area contributed by atoms with Gasteiger partial charge in [-0.25, -0.2) is 8.42 Å². The number of benzene rings is 1. The zero-order chi connectivity index (χ0) is 18.7. The van der Waals surface area contributed by atoms with Gasteiger partial charge < -0.3 is 10.4 Å². The largest absolute Gasteiger partial charge is 0.481 e. The van der Waals surface area contributed by atoms with Crippen LogP contribution < -0.4 is 5.32 Å². The van der Waals surface area contributed by atoms with Gasteiger partial charge >= 0.3 is 5.97 Å². The van der Waals surface area contributed by atoms with E-state index < -0.39 is 27.3 Å². The van der Waals surface area contributed by atoms with Gasteiger partial charge in [-0.05, 0) is 37.5 Å². The molecule has 0 heterocycles. The predicted octanol–water partition coefficient (Wildman–Crippen LogP) is 2.17. The van der Waals surface area contributed by atoms with E-state index in [-0.39, 0.29) is 23.0 Å². The highest BCUT2D eigenvalue weighted by Gasteiger charge is 2.42. The summed E-state index contributed by atoms with van der Waals surface area (Å²) in [6.07, 6.45) is 2.93. The smallest absolute Gasteiger partial charge is 0.308 e. The van der Waals surface area contributed by atoms with Crippen LogP contribution in [0.2, 0.25) is 0 Å². The molecule has 1 saturated carbocycles. The van der Waals surface area contributed by atoms with E-state index in [1.807, 2.05) is 0 Å². The summed E-state index contributed by atoms with van der Waals surface area (Å²) in [7, 11) is -3.33. The number of sulfone groups is 1. The van der Waals surface area contributed by atoms with E-state index in [0.717, 1.165) is 12.8 Å². The number of nitrogens with one attached hydrogen (secondary N) is 1. The summed E-state index contributed by atoms with van der Waals surface area (Å²) >= 11 is 0. The Hall–Kier alpha value is -1.89. The lowest BCUT2D eigenvalue weighted by molar-refractivity contribution is -0.146. The van der Waals surface area contributed by atoms with Crippen LogP contribution >= 0.6 is 0 Å². The van der Waals surface area contributed by atoms with Gasteiger partial charge in [0.15, 0.2) is 9.84 Å². The second kappa shape index (κ2) is 7.56. The Balaban J connectivity index is 2.12. The van der Waals surface area contributed by atoms with Crippen molar-refractivity contribution >= 4 is 21.7 Å². The lowest BCUT2D eigenvalue weighted by Crippen LogP contribution is -2.55. The molecule has 1 aromatic rings. The van der Waals surface area contributed by atoms with Crippen LogP contribution in [0, 0.1) is 5.92 Å². The van der Waals surface area contributed by atoms with Crippen molar-refractivity contribution < 1.29 is 23.1 Å². The minimum absolute atomic E-state index is 0.00100. The molecular formula is C18H25NO5S. The molecule has 1 aliphatic carbocycles. The molecule has 2 N–H and O–H groups in total. The van der Waals surface area contributed by atoms with E-state index in [4.69, 9.17) is 0 Å². The van der Waals surface area contributed by atoms with Crippen LogP contribution in [0.15, 0.2) is 29.2 Å². The van der Waals surface area contributed by atoms with Gasteiger partial charge in [0.05, 0.1) is 28.5 Å². The first-order valence-corrected chi connectivity index (χ1v) is 10.2. The van der Waals surface area contributed by atoms with E-state index in [1.54, 1.807) is 26.0 Å². The van der Waals surface area contributed by atoms with Gasteiger partial charge in [0.25, 0.3) is 0 Å². The Morgan fingerprint density at radius 1 is 1.32 bits per heavy atom. The quantitative estimate of drug-likeness (QED) is 0.802. The molecule has 2 rings (SSSR count). The number of aliphatic carboxylic acids is 1. The number of carbonyl (C=O) groups excluding carboxylic acids is 1. The molecule has 0 aliphatic heterocycles. The molecule has 2 unspecified atom stereocenters. The molecule has 7 heteroatoms. The first kappa shape index (κ1) is 19.4. The van der Waals surface area contributed by atoms with E-state index in [0.29, 0.717) is 18.4 Å². The summed E-state index contributed by atoms with van der Waals surface area (Å²) < 4.78 is 23.9. The van der Waals surface area contributed by atoms with Crippen LogP contribution in [0.3, 0.4) is 0 Å². The zero-order valence-corrected chi connectivity index (χ0v) is 15.4. The molecule has 0 bridgehead atoms. The second-order valence-electron chi connectivity index (χ2n) is 6.83. The van der Waals surface area contributed by atoms with Gasteiger partial charge in [0, 0.05) is 0 Å². The van der Waals surface area contributed by atoms with Crippen molar-refractivity contribution in [3.8, 4) is 0 Å². The molecule has 1 aliphatic rings. The Bertz CT molecular complexity index is 758. The van der Waals surface area contributed by atoms with E-state index >= 15 is 0 Å². The first-order valence-electron chi connectivity index (χ1n) is 8.53. The van der Waals surface area contributed by atoms with E-state index in [1.165, 1.54) is 12.1 Å². The van der Waals surface area contributed by atoms with Gasteiger partial charge in [-0.3, -0.25) is 9.59 Å². The molecule has 138 valence electrons. The Morgan fingerprint density at radius 3 is 2.68 bits per heavy atom. The third-order valence-corrected chi connectivity index (χ3v) is 6.67. The van der Waals surface area contributed by atoms with Gasteiger partial charge in [0.2, 0.25) is 5.91 Å². The van der Waals surface area contributed by atoms with Crippen molar-refractivity contribution in [1.29, 1.82) is 0 Å². The Labute approximate surface area is 148 Å². The Kier molecular flexibility index (Phi) is 5.87. The SMILES string of the molecule is CCS(=O)(=O)c1cccc(CC(=O)NC2(C)CCCCC2C(=O)O)c1. The van der Waals surface area contributed by atoms with Gasteiger partial charge in [-0.2, -0.15) is 0 Å². The minimum atomic E-state index is -3.33. The van der Waals surface area contributed by atoms with Crippen LogP contribution in [-0.2, 0) is 25.8 Å². The summed E-state index contributed by atoms with van der Waals surface area (Å²) in [5, 5.41) is 12.3. The maximum absolute atomic E-state index is 12.4. The highest BCUT2D eigenvalue weighted by molar-refractivity contribution is 7.91. The lowest BCUT2D eigenvalue weighted by atomic mass is 9.74. The number of amides is 1. The van der Waals surface area contributed by atoms with Crippen LogP contribution in [0.25, 0.3) is 0 Å². The van der Waals surface area contributed by atoms with Crippen molar-refractivity contribution in [3.05, 3.63) is 29.8 Å². The van der Waals surface area contributed by atoms with Crippen molar-refractivity contribution in [2.45, 2.75) is 56.4 Å². The molecule has 1 fully saturated rings. The van der Waals surface area contributed by atoms with Gasteiger partial charge in [0.1, 0.15) is 0 Å². The van der Waals surface area contributed by atoms with E-state index in [9.17, 15) is 23.1 Å². The maximum atomic E-state index is 12.4. The highest BCUT2D eigenvalue weighted by Crippen LogP contribution is 2.34.